The van der Waals surface area contributed by atoms with Crippen molar-refractivity contribution in [2.75, 3.05) is 18.4 Å². The summed E-state index contributed by atoms with van der Waals surface area (Å²) in [5, 5.41) is 6.13. The molecule has 1 fully saturated rings. The molecule has 0 radical (unpaired) electrons. The van der Waals surface area contributed by atoms with E-state index in [1.165, 1.54) is 24.0 Å². The molecule has 0 aliphatic carbocycles. The number of carbonyl (C=O) groups is 3. The number of hydrogen-bond donors (Lipinski definition) is 2. The number of rotatable bonds is 6. The molecule has 1 aliphatic rings. The van der Waals surface area contributed by atoms with Gasteiger partial charge in [0.1, 0.15) is 0 Å². The number of furan rings is 1. The average Bonchev–Trinajstić information content (AvgIpc) is 3.50. The van der Waals surface area contributed by atoms with Crippen LogP contribution in [-0.4, -0.2) is 35.7 Å². The van der Waals surface area contributed by atoms with Crippen LogP contribution in [0.5, 0.6) is 0 Å². The number of carbonyl (C=O) groups excluding carboxylic acids is 3. The average molecular weight is 438 g/mol. The lowest BCUT2D eigenvalue weighted by molar-refractivity contribution is 0.0724. The molecule has 31 heavy (non-hydrogen) atoms. The predicted molar refractivity (Wildman–Crippen MR) is 118 cm³/mol. The second-order valence-corrected chi connectivity index (χ2v) is 8.42. The maximum absolute atomic E-state index is 12.7. The topological polar surface area (TPSA) is 91.7 Å². The lowest BCUT2D eigenvalue weighted by Gasteiger charge is -2.26. The SMILES string of the molecule is O=C(Nc1ccc(C(=O)NCc2cccc(C(=O)N3CCCCC3)c2)s1)c1ccco1. The van der Waals surface area contributed by atoms with Gasteiger partial charge in [-0.3, -0.25) is 14.4 Å². The van der Waals surface area contributed by atoms with Crippen molar-refractivity contribution >= 4 is 34.1 Å². The van der Waals surface area contributed by atoms with Gasteiger partial charge in [0.15, 0.2) is 5.76 Å². The van der Waals surface area contributed by atoms with E-state index in [0.717, 1.165) is 31.5 Å². The molecule has 0 spiro atoms. The molecule has 0 unspecified atom stereocenters. The van der Waals surface area contributed by atoms with Crippen LogP contribution in [0.3, 0.4) is 0 Å². The zero-order valence-corrected chi connectivity index (χ0v) is 17.7. The highest BCUT2D eigenvalue weighted by molar-refractivity contribution is 7.18. The number of thiophene rings is 1. The Morgan fingerprint density at radius 3 is 2.58 bits per heavy atom. The third kappa shape index (κ3) is 5.21. The van der Waals surface area contributed by atoms with Gasteiger partial charge in [0.25, 0.3) is 17.7 Å². The van der Waals surface area contributed by atoms with E-state index in [0.29, 0.717) is 22.0 Å². The third-order valence-electron chi connectivity index (χ3n) is 5.08. The number of amides is 3. The van der Waals surface area contributed by atoms with E-state index < -0.39 is 0 Å². The molecule has 8 heteroatoms. The van der Waals surface area contributed by atoms with E-state index >= 15 is 0 Å². The summed E-state index contributed by atoms with van der Waals surface area (Å²) in [6.07, 6.45) is 4.70. The second kappa shape index (κ2) is 9.61. The molecule has 1 saturated heterocycles. The van der Waals surface area contributed by atoms with Gasteiger partial charge in [-0.2, -0.15) is 0 Å². The Balaban J connectivity index is 1.33. The fourth-order valence-electron chi connectivity index (χ4n) is 3.47. The summed E-state index contributed by atoms with van der Waals surface area (Å²) in [5.74, 6) is -0.355. The van der Waals surface area contributed by atoms with Gasteiger partial charge in [-0.15, -0.1) is 11.3 Å². The monoisotopic (exact) mass is 437 g/mol. The molecule has 1 aromatic carbocycles. The van der Waals surface area contributed by atoms with Gasteiger partial charge in [0, 0.05) is 25.2 Å². The van der Waals surface area contributed by atoms with Gasteiger partial charge in [0.05, 0.1) is 16.1 Å². The van der Waals surface area contributed by atoms with E-state index in [9.17, 15) is 14.4 Å². The molecule has 3 aromatic rings. The number of piperidine rings is 1. The summed E-state index contributed by atoms with van der Waals surface area (Å²) in [7, 11) is 0. The molecule has 160 valence electrons. The molecular weight excluding hydrogens is 414 g/mol. The summed E-state index contributed by atoms with van der Waals surface area (Å²) < 4.78 is 5.06. The Hall–Kier alpha value is -3.39. The number of anilines is 1. The van der Waals surface area contributed by atoms with Crippen molar-refractivity contribution in [2.24, 2.45) is 0 Å². The third-order valence-corrected chi connectivity index (χ3v) is 6.08. The molecular formula is C23H23N3O4S. The normalized spacial score (nSPS) is 13.6. The number of benzene rings is 1. The van der Waals surface area contributed by atoms with Gasteiger partial charge >= 0.3 is 0 Å². The highest BCUT2D eigenvalue weighted by Gasteiger charge is 2.18. The molecule has 7 nitrogen and oxygen atoms in total. The number of nitrogens with one attached hydrogen (secondary N) is 2. The van der Waals surface area contributed by atoms with Crippen LogP contribution < -0.4 is 10.6 Å². The van der Waals surface area contributed by atoms with E-state index in [1.54, 1.807) is 24.3 Å². The van der Waals surface area contributed by atoms with Crippen LogP contribution >= 0.6 is 11.3 Å². The van der Waals surface area contributed by atoms with Gasteiger partial charge < -0.3 is 20.0 Å². The second-order valence-electron chi connectivity index (χ2n) is 7.33. The summed E-state index contributed by atoms with van der Waals surface area (Å²) >= 11 is 1.18. The molecule has 1 aliphatic heterocycles. The van der Waals surface area contributed by atoms with Crippen LogP contribution in [0.25, 0.3) is 0 Å². The first kappa shape index (κ1) is 20.9. The summed E-state index contributed by atoms with van der Waals surface area (Å²) in [4.78, 5) is 39.6. The van der Waals surface area contributed by atoms with E-state index in [2.05, 4.69) is 10.6 Å². The van der Waals surface area contributed by atoms with Gasteiger partial charge in [-0.25, -0.2) is 0 Å². The van der Waals surface area contributed by atoms with Crippen LogP contribution in [0.4, 0.5) is 5.00 Å². The van der Waals surface area contributed by atoms with E-state index in [-0.39, 0.29) is 23.5 Å². The molecule has 2 N–H and O–H groups in total. The van der Waals surface area contributed by atoms with Crippen LogP contribution in [0, 0.1) is 0 Å². The van der Waals surface area contributed by atoms with Crippen LogP contribution in [0.2, 0.25) is 0 Å². The smallest absolute Gasteiger partial charge is 0.291 e. The van der Waals surface area contributed by atoms with Crippen molar-refractivity contribution in [1.29, 1.82) is 0 Å². The summed E-state index contributed by atoms with van der Waals surface area (Å²) in [5.41, 5.74) is 1.51. The quantitative estimate of drug-likeness (QED) is 0.606. The van der Waals surface area contributed by atoms with E-state index in [4.69, 9.17) is 4.42 Å². The molecule has 0 bridgehead atoms. The highest BCUT2D eigenvalue weighted by Crippen LogP contribution is 2.23. The van der Waals surface area contributed by atoms with Crippen molar-refractivity contribution in [3.05, 3.63) is 76.6 Å². The van der Waals surface area contributed by atoms with Gasteiger partial charge in [-0.05, 0) is 61.2 Å². The Bertz CT molecular complexity index is 1070. The Morgan fingerprint density at radius 2 is 1.81 bits per heavy atom. The maximum atomic E-state index is 12.7. The molecule has 0 atom stereocenters. The molecule has 3 amide bonds. The molecule has 0 saturated carbocycles. The molecule has 3 heterocycles. The highest BCUT2D eigenvalue weighted by atomic mass is 32.1. The minimum atomic E-state index is -0.367. The predicted octanol–water partition coefficient (Wildman–Crippen LogP) is 4.15. The Labute approximate surface area is 184 Å². The van der Waals surface area contributed by atoms with Crippen molar-refractivity contribution in [3.63, 3.8) is 0 Å². The first-order valence-corrected chi connectivity index (χ1v) is 11.0. The van der Waals surface area contributed by atoms with Crippen LogP contribution in [0.1, 0.15) is 55.4 Å². The first-order chi connectivity index (χ1) is 15.1. The van der Waals surface area contributed by atoms with Gasteiger partial charge in [0.2, 0.25) is 0 Å². The lowest BCUT2D eigenvalue weighted by Crippen LogP contribution is -2.35. The Morgan fingerprint density at radius 1 is 0.968 bits per heavy atom. The van der Waals surface area contributed by atoms with Gasteiger partial charge in [-0.1, -0.05) is 12.1 Å². The van der Waals surface area contributed by atoms with E-state index in [1.807, 2.05) is 29.2 Å². The van der Waals surface area contributed by atoms with Crippen molar-refractivity contribution < 1.29 is 18.8 Å². The zero-order chi connectivity index (χ0) is 21.6. The fourth-order valence-corrected chi connectivity index (χ4v) is 4.29. The number of likely N-dealkylation sites (tertiary alicyclic amines) is 1. The molecule has 2 aromatic heterocycles. The lowest BCUT2D eigenvalue weighted by atomic mass is 10.1. The number of hydrogen-bond acceptors (Lipinski definition) is 5. The van der Waals surface area contributed by atoms with Crippen molar-refractivity contribution in [2.45, 2.75) is 25.8 Å². The van der Waals surface area contributed by atoms with Crippen molar-refractivity contribution in [1.82, 2.24) is 10.2 Å². The largest absolute Gasteiger partial charge is 0.459 e. The fraction of sp³-hybridized carbons (Fsp3) is 0.261. The van der Waals surface area contributed by atoms with Crippen LogP contribution in [0.15, 0.2) is 59.2 Å². The zero-order valence-electron chi connectivity index (χ0n) is 16.9. The number of nitrogens with zero attached hydrogens (tertiary/aromatic N) is 1. The summed E-state index contributed by atoms with van der Waals surface area (Å²) in [6.45, 7) is 1.92. The Kier molecular flexibility index (Phi) is 6.47. The summed E-state index contributed by atoms with van der Waals surface area (Å²) in [6, 6.07) is 13.9. The molecule has 4 rings (SSSR count). The van der Waals surface area contributed by atoms with Crippen molar-refractivity contribution in [3.8, 4) is 0 Å². The maximum Gasteiger partial charge on any atom is 0.291 e. The van der Waals surface area contributed by atoms with Crippen LogP contribution in [-0.2, 0) is 6.54 Å². The minimum Gasteiger partial charge on any atom is -0.459 e. The standard InChI is InChI=1S/C23H23N3O4S/c27-21(18-8-5-13-30-18)25-20-10-9-19(31-20)22(28)24-15-16-6-4-7-17(14-16)23(29)26-11-2-1-3-12-26/h4-10,13-14H,1-3,11-12,15H2,(H,24,28)(H,25,27). The minimum absolute atomic E-state index is 0.0445. The first-order valence-electron chi connectivity index (χ1n) is 10.2.